The standard InChI is InChI=1S/C24H17ClN4OS/c1-16-21(24(30)29(26-16)20-10-5-7-18(25)14-20)13-17-15-28(19-8-3-2-4-9-19)27-23(17)22-11-6-12-31-22/h2-15H,1H3/b21-13+. The average Bonchev–Trinajstić information content (AvgIpc) is 3.50. The number of thiophene rings is 1. The van der Waals surface area contributed by atoms with Gasteiger partial charge in [0, 0.05) is 16.8 Å². The lowest BCUT2D eigenvalue weighted by molar-refractivity contribution is -0.114. The molecule has 31 heavy (non-hydrogen) atoms. The normalized spacial score (nSPS) is 15.0. The van der Waals surface area contributed by atoms with Crippen molar-refractivity contribution in [2.75, 3.05) is 5.01 Å². The molecule has 4 aromatic rings. The Labute approximate surface area is 188 Å². The molecule has 0 fully saturated rings. The second-order valence-electron chi connectivity index (χ2n) is 7.03. The maximum atomic E-state index is 13.2. The largest absolute Gasteiger partial charge is 0.280 e. The van der Waals surface area contributed by atoms with Gasteiger partial charge in [-0.3, -0.25) is 4.79 Å². The van der Waals surface area contributed by atoms with E-state index in [-0.39, 0.29) is 5.91 Å². The minimum Gasteiger partial charge on any atom is -0.267 e. The van der Waals surface area contributed by atoms with Crippen molar-refractivity contribution < 1.29 is 4.79 Å². The maximum Gasteiger partial charge on any atom is 0.280 e. The predicted molar refractivity (Wildman–Crippen MR) is 127 cm³/mol. The molecule has 0 aliphatic carbocycles. The number of hydrazone groups is 1. The van der Waals surface area contributed by atoms with Gasteiger partial charge in [0.05, 0.1) is 27.5 Å². The molecule has 1 aliphatic heterocycles. The number of anilines is 1. The lowest BCUT2D eigenvalue weighted by Crippen LogP contribution is -2.21. The number of carbonyl (C=O) groups is 1. The second-order valence-corrected chi connectivity index (χ2v) is 8.41. The Morgan fingerprint density at radius 1 is 1.00 bits per heavy atom. The number of aromatic nitrogens is 2. The molecule has 0 radical (unpaired) electrons. The zero-order valence-electron chi connectivity index (χ0n) is 16.6. The van der Waals surface area contributed by atoms with E-state index in [1.165, 1.54) is 5.01 Å². The predicted octanol–water partition coefficient (Wildman–Crippen LogP) is 6.06. The smallest absolute Gasteiger partial charge is 0.267 e. The van der Waals surface area contributed by atoms with Crippen LogP contribution in [0.5, 0.6) is 0 Å². The molecule has 0 atom stereocenters. The Balaban J connectivity index is 1.58. The number of benzene rings is 2. The monoisotopic (exact) mass is 444 g/mol. The van der Waals surface area contributed by atoms with Crippen molar-refractivity contribution in [3.63, 3.8) is 0 Å². The quantitative estimate of drug-likeness (QED) is 0.359. The lowest BCUT2D eigenvalue weighted by Gasteiger charge is -2.11. The fourth-order valence-corrected chi connectivity index (χ4v) is 4.35. The van der Waals surface area contributed by atoms with E-state index in [0.717, 1.165) is 21.8 Å². The molecule has 0 bridgehead atoms. The van der Waals surface area contributed by atoms with Crippen molar-refractivity contribution in [1.29, 1.82) is 0 Å². The van der Waals surface area contributed by atoms with Crippen LogP contribution in [0.2, 0.25) is 5.02 Å². The molecular weight excluding hydrogens is 428 g/mol. The Morgan fingerprint density at radius 2 is 1.81 bits per heavy atom. The van der Waals surface area contributed by atoms with Gasteiger partial charge in [-0.15, -0.1) is 11.3 Å². The third-order valence-corrected chi connectivity index (χ3v) is 6.04. The number of rotatable bonds is 4. The van der Waals surface area contributed by atoms with Crippen LogP contribution in [-0.4, -0.2) is 21.4 Å². The van der Waals surface area contributed by atoms with Crippen molar-refractivity contribution in [2.45, 2.75) is 6.92 Å². The molecular formula is C24H17ClN4OS. The Bertz CT molecular complexity index is 1320. The minimum absolute atomic E-state index is 0.190. The Kier molecular flexibility index (Phi) is 5.02. The van der Waals surface area contributed by atoms with Crippen LogP contribution in [0.15, 0.2) is 89.0 Å². The highest BCUT2D eigenvalue weighted by Gasteiger charge is 2.29. The van der Waals surface area contributed by atoms with Crippen LogP contribution >= 0.6 is 22.9 Å². The molecule has 0 spiro atoms. The third kappa shape index (κ3) is 3.71. The summed E-state index contributed by atoms with van der Waals surface area (Å²) in [5.41, 5.74) is 4.46. The molecule has 0 unspecified atom stereocenters. The molecule has 5 nitrogen and oxygen atoms in total. The van der Waals surface area contributed by atoms with Gasteiger partial charge in [0.15, 0.2) is 0 Å². The maximum absolute atomic E-state index is 13.2. The molecule has 3 heterocycles. The van der Waals surface area contributed by atoms with Crippen molar-refractivity contribution in [3.05, 3.63) is 94.5 Å². The van der Waals surface area contributed by atoms with Gasteiger partial charge in [0.2, 0.25) is 0 Å². The average molecular weight is 445 g/mol. The topological polar surface area (TPSA) is 50.5 Å². The molecule has 1 aliphatic rings. The molecule has 152 valence electrons. The zero-order valence-corrected chi connectivity index (χ0v) is 18.1. The number of carbonyl (C=O) groups excluding carboxylic acids is 1. The van der Waals surface area contributed by atoms with E-state index >= 15 is 0 Å². The molecule has 2 aromatic heterocycles. The van der Waals surface area contributed by atoms with E-state index in [4.69, 9.17) is 16.7 Å². The summed E-state index contributed by atoms with van der Waals surface area (Å²) >= 11 is 7.71. The van der Waals surface area contributed by atoms with Gasteiger partial charge in [0.1, 0.15) is 5.69 Å². The fraction of sp³-hybridized carbons (Fsp3) is 0.0417. The number of nitrogens with zero attached hydrogens (tertiary/aromatic N) is 4. The summed E-state index contributed by atoms with van der Waals surface area (Å²) in [6.07, 6.45) is 3.81. The van der Waals surface area contributed by atoms with Crippen molar-refractivity contribution in [2.24, 2.45) is 5.10 Å². The summed E-state index contributed by atoms with van der Waals surface area (Å²) in [4.78, 5) is 14.2. The first-order chi connectivity index (χ1) is 15.1. The number of amides is 1. The minimum atomic E-state index is -0.190. The van der Waals surface area contributed by atoms with Crippen LogP contribution in [-0.2, 0) is 4.79 Å². The highest BCUT2D eigenvalue weighted by atomic mass is 35.5. The van der Waals surface area contributed by atoms with Gasteiger partial charge < -0.3 is 0 Å². The summed E-state index contributed by atoms with van der Waals surface area (Å²) in [7, 11) is 0. The van der Waals surface area contributed by atoms with Gasteiger partial charge in [-0.05, 0) is 54.8 Å². The number of para-hydroxylation sites is 1. The van der Waals surface area contributed by atoms with E-state index in [1.54, 1.807) is 29.5 Å². The van der Waals surface area contributed by atoms with Crippen molar-refractivity contribution in [3.8, 4) is 16.3 Å². The van der Waals surface area contributed by atoms with Crippen LogP contribution in [0.1, 0.15) is 12.5 Å². The summed E-state index contributed by atoms with van der Waals surface area (Å²) < 4.78 is 1.84. The van der Waals surface area contributed by atoms with Gasteiger partial charge >= 0.3 is 0 Å². The van der Waals surface area contributed by atoms with Crippen molar-refractivity contribution >= 4 is 46.3 Å². The molecule has 7 heteroatoms. The van der Waals surface area contributed by atoms with Crippen LogP contribution in [0.25, 0.3) is 22.3 Å². The highest BCUT2D eigenvalue weighted by Crippen LogP contribution is 2.32. The van der Waals surface area contributed by atoms with E-state index < -0.39 is 0 Å². The lowest BCUT2D eigenvalue weighted by atomic mass is 10.1. The van der Waals surface area contributed by atoms with Crippen LogP contribution < -0.4 is 5.01 Å². The van der Waals surface area contributed by atoms with Gasteiger partial charge in [-0.1, -0.05) is 41.9 Å². The first-order valence-electron chi connectivity index (χ1n) is 9.66. The molecule has 0 N–H and O–H groups in total. The zero-order chi connectivity index (χ0) is 21.4. The second kappa shape index (κ2) is 7.98. The molecule has 2 aromatic carbocycles. The van der Waals surface area contributed by atoms with Crippen LogP contribution in [0.3, 0.4) is 0 Å². The van der Waals surface area contributed by atoms with E-state index in [2.05, 4.69) is 5.10 Å². The van der Waals surface area contributed by atoms with Gasteiger partial charge in [0.25, 0.3) is 5.91 Å². The summed E-state index contributed by atoms with van der Waals surface area (Å²) in [6, 6.07) is 21.0. The van der Waals surface area contributed by atoms with E-state index in [0.29, 0.717) is 22.0 Å². The van der Waals surface area contributed by atoms with Crippen molar-refractivity contribution in [1.82, 2.24) is 9.78 Å². The van der Waals surface area contributed by atoms with E-state index in [9.17, 15) is 4.79 Å². The number of halogens is 1. The summed E-state index contributed by atoms with van der Waals surface area (Å²) in [6.45, 7) is 1.83. The summed E-state index contributed by atoms with van der Waals surface area (Å²) in [5.74, 6) is -0.190. The fourth-order valence-electron chi connectivity index (χ4n) is 3.43. The number of hydrogen-bond donors (Lipinski definition) is 0. The van der Waals surface area contributed by atoms with Crippen LogP contribution in [0.4, 0.5) is 5.69 Å². The van der Waals surface area contributed by atoms with E-state index in [1.807, 2.05) is 77.8 Å². The first-order valence-corrected chi connectivity index (χ1v) is 10.9. The highest BCUT2D eigenvalue weighted by molar-refractivity contribution is 7.13. The van der Waals surface area contributed by atoms with Gasteiger partial charge in [-0.2, -0.15) is 15.2 Å². The number of hydrogen-bond acceptors (Lipinski definition) is 4. The SMILES string of the molecule is CC1=NN(c2cccc(Cl)c2)C(=O)/C1=C/c1cn(-c2ccccc2)nc1-c1cccs1. The van der Waals surface area contributed by atoms with Gasteiger partial charge in [-0.25, -0.2) is 4.68 Å². The summed E-state index contributed by atoms with van der Waals surface area (Å²) in [5, 5.41) is 13.2. The molecule has 5 rings (SSSR count). The Hall–Kier alpha value is -3.48. The Morgan fingerprint density at radius 3 is 2.55 bits per heavy atom. The molecule has 1 amide bonds. The first kappa shape index (κ1) is 19.5. The third-order valence-electron chi connectivity index (χ3n) is 4.93. The molecule has 0 saturated heterocycles. The van der Waals surface area contributed by atoms with Crippen LogP contribution in [0, 0.1) is 0 Å². The molecule has 0 saturated carbocycles.